The van der Waals surface area contributed by atoms with Crippen molar-refractivity contribution in [2.75, 3.05) is 6.79 Å². The van der Waals surface area contributed by atoms with Crippen molar-refractivity contribution in [2.24, 2.45) is 0 Å². The molecule has 3 aromatic rings. The molecule has 1 aliphatic heterocycles. The number of aliphatic hydroxyl groups is 1. The average Bonchev–Trinajstić information content (AvgIpc) is 3.21. The Bertz CT molecular complexity index is 858. The van der Waals surface area contributed by atoms with Crippen LogP contribution in [-0.4, -0.2) is 32.0 Å². The summed E-state index contributed by atoms with van der Waals surface area (Å²) in [5.74, 6) is 1.49. The van der Waals surface area contributed by atoms with Crippen LogP contribution >= 0.6 is 0 Å². The molecule has 0 saturated heterocycles. The lowest BCUT2D eigenvalue weighted by Gasteiger charge is -2.09. The molecule has 4 rings (SSSR count). The van der Waals surface area contributed by atoms with Crippen molar-refractivity contribution in [3.8, 4) is 34.2 Å². The van der Waals surface area contributed by atoms with Crippen LogP contribution in [0.25, 0.3) is 16.9 Å². The van der Waals surface area contributed by atoms with Crippen LogP contribution in [0, 0.1) is 0 Å². The molecule has 0 atom stereocenters. The number of aromatic nitrogens is 3. The lowest BCUT2D eigenvalue weighted by molar-refractivity contribution is 0.174. The van der Waals surface area contributed by atoms with Crippen molar-refractivity contribution in [2.45, 2.75) is 6.61 Å². The van der Waals surface area contributed by atoms with E-state index in [1.807, 2.05) is 18.2 Å². The number of aliphatic hydroxyl groups excluding tert-OH is 1. The molecule has 23 heavy (non-hydrogen) atoms. The Kier molecular flexibility index (Phi) is 3.13. The third kappa shape index (κ3) is 2.27. The summed E-state index contributed by atoms with van der Waals surface area (Å²) in [6, 6.07) is 12.1. The average molecular weight is 311 g/mol. The van der Waals surface area contributed by atoms with Gasteiger partial charge in [0.15, 0.2) is 11.5 Å². The van der Waals surface area contributed by atoms with Gasteiger partial charge in [-0.3, -0.25) is 0 Å². The monoisotopic (exact) mass is 311 g/mol. The van der Waals surface area contributed by atoms with E-state index in [0.29, 0.717) is 22.9 Å². The van der Waals surface area contributed by atoms with Gasteiger partial charge in [0.2, 0.25) is 6.79 Å². The molecular formula is C16H13N3O4. The van der Waals surface area contributed by atoms with Gasteiger partial charge in [-0.05, 0) is 42.5 Å². The summed E-state index contributed by atoms with van der Waals surface area (Å²) in [6.07, 6.45) is 0. The van der Waals surface area contributed by atoms with E-state index < -0.39 is 0 Å². The van der Waals surface area contributed by atoms with Crippen molar-refractivity contribution in [3.63, 3.8) is 0 Å². The van der Waals surface area contributed by atoms with E-state index in [2.05, 4.69) is 10.3 Å². The van der Waals surface area contributed by atoms with Crippen molar-refractivity contribution >= 4 is 0 Å². The molecule has 2 heterocycles. The first kappa shape index (κ1) is 13.6. The molecule has 7 heteroatoms. The molecule has 2 aromatic carbocycles. The zero-order valence-corrected chi connectivity index (χ0v) is 12.0. The third-order valence-electron chi connectivity index (χ3n) is 3.63. The number of hydrogen-bond acceptors (Lipinski definition) is 6. The number of fused-ring (bicyclic) bond motifs is 1. The summed E-state index contributed by atoms with van der Waals surface area (Å²) in [4.78, 5) is 0. The highest BCUT2D eigenvalue weighted by atomic mass is 16.7. The van der Waals surface area contributed by atoms with Crippen LogP contribution in [0.3, 0.4) is 0 Å². The molecule has 0 saturated carbocycles. The van der Waals surface area contributed by atoms with E-state index in [9.17, 15) is 10.2 Å². The van der Waals surface area contributed by atoms with Crippen molar-refractivity contribution < 1.29 is 19.7 Å². The van der Waals surface area contributed by atoms with Crippen molar-refractivity contribution in [1.82, 2.24) is 15.0 Å². The SMILES string of the molecule is OCc1nnn(-c2ccc(O)cc2)c1-c1ccc2c(c1)OCO2. The number of phenols is 1. The number of nitrogens with zero attached hydrogens (tertiary/aromatic N) is 3. The van der Waals surface area contributed by atoms with Crippen LogP contribution in [0.5, 0.6) is 17.2 Å². The molecule has 2 N–H and O–H groups in total. The van der Waals surface area contributed by atoms with E-state index in [4.69, 9.17) is 9.47 Å². The Balaban J connectivity index is 1.87. The maximum atomic E-state index is 9.57. The quantitative estimate of drug-likeness (QED) is 0.767. The molecule has 1 aromatic heterocycles. The Morgan fingerprint density at radius 2 is 1.83 bits per heavy atom. The summed E-state index contributed by atoms with van der Waals surface area (Å²) in [5.41, 5.74) is 2.65. The maximum absolute atomic E-state index is 9.57. The molecule has 0 amide bonds. The van der Waals surface area contributed by atoms with Gasteiger partial charge in [-0.2, -0.15) is 0 Å². The van der Waals surface area contributed by atoms with E-state index in [1.54, 1.807) is 28.9 Å². The summed E-state index contributed by atoms with van der Waals surface area (Å²) >= 11 is 0. The van der Waals surface area contributed by atoms with Gasteiger partial charge >= 0.3 is 0 Å². The first-order valence-corrected chi connectivity index (χ1v) is 7.01. The number of rotatable bonds is 3. The van der Waals surface area contributed by atoms with Crippen LogP contribution in [-0.2, 0) is 6.61 Å². The smallest absolute Gasteiger partial charge is 0.231 e. The fourth-order valence-electron chi connectivity index (χ4n) is 2.53. The first-order chi connectivity index (χ1) is 11.3. The van der Waals surface area contributed by atoms with Gasteiger partial charge in [-0.25, -0.2) is 4.68 Å². The minimum atomic E-state index is -0.234. The van der Waals surface area contributed by atoms with E-state index in [0.717, 1.165) is 11.3 Å². The zero-order valence-electron chi connectivity index (χ0n) is 12.0. The third-order valence-corrected chi connectivity index (χ3v) is 3.63. The standard InChI is InChI=1S/C16H13N3O4/c20-8-13-16(10-1-6-14-15(7-10)23-9-22-14)19(18-17-13)11-2-4-12(21)5-3-11/h1-7,20-21H,8-9H2. The second kappa shape index (κ2) is 5.29. The number of benzene rings is 2. The van der Waals surface area contributed by atoms with Crippen LogP contribution in [0.2, 0.25) is 0 Å². The van der Waals surface area contributed by atoms with Crippen LogP contribution in [0.1, 0.15) is 5.69 Å². The highest BCUT2D eigenvalue weighted by molar-refractivity contribution is 5.68. The number of hydrogen-bond donors (Lipinski definition) is 2. The molecule has 7 nitrogen and oxygen atoms in total. The number of phenolic OH excluding ortho intramolecular Hbond substituents is 1. The minimum absolute atomic E-state index is 0.167. The normalized spacial score (nSPS) is 12.6. The summed E-state index contributed by atoms with van der Waals surface area (Å²) < 4.78 is 12.3. The molecule has 116 valence electrons. The van der Waals surface area contributed by atoms with Gasteiger partial charge in [0, 0.05) is 5.56 Å². The first-order valence-electron chi connectivity index (χ1n) is 7.01. The van der Waals surface area contributed by atoms with Gasteiger partial charge in [0.25, 0.3) is 0 Å². The van der Waals surface area contributed by atoms with Crippen LogP contribution < -0.4 is 9.47 Å². The minimum Gasteiger partial charge on any atom is -0.508 e. The topological polar surface area (TPSA) is 89.6 Å². The molecular weight excluding hydrogens is 298 g/mol. The van der Waals surface area contributed by atoms with Gasteiger partial charge in [0.1, 0.15) is 17.1 Å². The molecule has 0 unspecified atom stereocenters. The van der Waals surface area contributed by atoms with E-state index >= 15 is 0 Å². The largest absolute Gasteiger partial charge is 0.508 e. The summed E-state index contributed by atoms with van der Waals surface area (Å²) in [5, 5.41) is 27.1. The molecule has 0 fully saturated rings. The number of ether oxygens (including phenoxy) is 2. The van der Waals surface area contributed by atoms with Crippen LogP contribution in [0.15, 0.2) is 42.5 Å². The van der Waals surface area contributed by atoms with Crippen LogP contribution in [0.4, 0.5) is 0 Å². The Morgan fingerprint density at radius 1 is 1.04 bits per heavy atom. The van der Waals surface area contributed by atoms with Gasteiger partial charge in [-0.1, -0.05) is 5.21 Å². The molecule has 0 radical (unpaired) electrons. The van der Waals surface area contributed by atoms with Gasteiger partial charge < -0.3 is 19.7 Å². The lowest BCUT2D eigenvalue weighted by Crippen LogP contribution is -2.00. The predicted octanol–water partition coefficient (Wildman–Crippen LogP) is 1.86. The second-order valence-electron chi connectivity index (χ2n) is 5.04. The van der Waals surface area contributed by atoms with E-state index in [1.165, 1.54) is 0 Å². The second-order valence-corrected chi connectivity index (χ2v) is 5.04. The van der Waals surface area contributed by atoms with Gasteiger partial charge in [-0.15, -0.1) is 5.10 Å². The molecule has 0 bridgehead atoms. The Morgan fingerprint density at radius 3 is 2.61 bits per heavy atom. The number of aromatic hydroxyl groups is 1. The lowest BCUT2D eigenvalue weighted by atomic mass is 10.1. The highest BCUT2D eigenvalue weighted by Crippen LogP contribution is 2.37. The van der Waals surface area contributed by atoms with Crippen molar-refractivity contribution in [1.29, 1.82) is 0 Å². The fraction of sp³-hybridized carbons (Fsp3) is 0.125. The maximum Gasteiger partial charge on any atom is 0.231 e. The molecule has 0 spiro atoms. The summed E-state index contributed by atoms with van der Waals surface area (Å²) in [7, 11) is 0. The fourth-order valence-corrected chi connectivity index (χ4v) is 2.53. The van der Waals surface area contributed by atoms with E-state index in [-0.39, 0.29) is 19.1 Å². The van der Waals surface area contributed by atoms with Crippen molar-refractivity contribution in [3.05, 3.63) is 48.2 Å². The predicted molar refractivity (Wildman–Crippen MR) is 80.5 cm³/mol. The summed E-state index contributed by atoms with van der Waals surface area (Å²) in [6.45, 7) is -0.0387. The molecule has 1 aliphatic rings. The van der Waals surface area contributed by atoms with Gasteiger partial charge in [0.05, 0.1) is 12.3 Å². The molecule has 0 aliphatic carbocycles. The Labute approximate surface area is 131 Å². The Hall–Kier alpha value is -3.06. The highest BCUT2D eigenvalue weighted by Gasteiger charge is 2.20. The zero-order chi connectivity index (χ0) is 15.8.